The number of piperidine rings is 1. The summed E-state index contributed by atoms with van der Waals surface area (Å²) in [7, 11) is 0. The molecule has 1 aliphatic heterocycles. The number of aromatic nitrogens is 5. The third kappa shape index (κ3) is 3.74. The number of nitrogens with one attached hydrogen (secondary N) is 1. The van der Waals surface area contributed by atoms with Crippen LogP contribution in [-0.2, 0) is 6.54 Å². The van der Waals surface area contributed by atoms with Gasteiger partial charge in [-0.3, -0.25) is 9.88 Å². The van der Waals surface area contributed by atoms with Crippen molar-refractivity contribution in [3.8, 4) is 11.5 Å². The van der Waals surface area contributed by atoms with Crippen molar-refractivity contribution in [3.63, 3.8) is 0 Å². The van der Waals surface area contributed by atoms with Gasteiger partial charge < -0.3 is 4.98 Å². The second kappa shape index (κ2) is 7.11. The van der Waals surface area contributed by atoms with Crippen molar-refractivity contribution in [1.82, 2.24) is 29.8 Å². The molecule has 0 radical (unpaired) electrons. The second-order valence-electron chi connectivity index (χ2n) is 6.60. The Morgan fingerprint density at radius 3 is 3.04 bits per heavy atom. The largest absolute Gasteiger partial charge is 0.343 e. The van der Waals surface area contributed by atoms with Crippen molar-refractivity contribution in [3.05, 3.63) is 60.1 Å². The summed E-state index contributed by atoms with van der Waals surface area (Å²) in [5.74, 6) is 2.03. The number of nitrogens with zero attached hydrogens (tertiary/aromatic N) is 5. The van der Waals surface area contributed by atoms with Gasteiger partial charge in [-0.25, -0.2) is 15.0 Å². The monoisotopic (exact) mass is 334 g/mol. The highest BCUT2D eigenvalue weighted by atomic mass is 15.1. The van der Waals surface area contributed by atoms with Crippen LogP contribution in [0.25, 0.3) is 11.5 Å². The average molecular weight is 334 g/mol. The van der Waals surface area contributed by atoms with Crippen LogP contribution in [0.2, 0.25) is 0 Å². The van der Waals surface area contributed by atoms with Crippen LogP contribution >= 0.6 is 0 Å². The first-order valence-electron chi connectivity index (χ1n) is 8.74. The van der Waals surface area contributed by atoms with E-state index in [0.29, 0.717) is 5.92 Å². The number of aryl methyl sites for hydroxylation is 1. The molecule has 1 fully saturated rings. The third-order valence-electron chi connectivity index (χ3n) is 4.65. The smallest absolute Gasteiger partial charge is 0.156 e. The van der Waals surface area contributed by atoms with Gasteiger partial charge in [-0.05, 0) is 44.0 Å². The second-order valence-corrected chi connectivity index (χ2v) is 6.60. The molecule has 1 aliphatic rings. The van der Waals surface area contributed by atoms with E-state index in [9.17, 15) is 0 Å². The number of rotatable bonds is 4. The topological polar surface area (TPSA) is 70.6 Å². The zero-order chi connectivity index (χ0) is 17.1. The highest BCUT2D eigenvalue weighted by molar-refractivity contribution is 5.49. The molecule has 0 bridgehead atoms. The molecule has 4 heterocycles. The molecule has 25 heavy (non-hydrogen) atoms. The van der Waals surface area contributed by atoms with Crippen molar-refractivity contribution in [1.29, 1.82) is 0 Å². The first-order chi connectivity index (χ1) is 12.3. The van der Waals surface area contributed by atoms with Crippen LogP contribution in [-0.4, -0.2) is 42.9 Å². The van der Waals surface area contributed by atoms with E-state index < -0.39 is 0 Å². The van der Waals surface area contributed by atoms with Crippen molar-refractivity contribution >= 4 is 0 Å². The Balaban J connectivity index is 1.53. The molecule has 0 aliphatic carbocycles. The Morgan fingerprint density at radius 1 is 1.28 bits per heavy atom. The molecule has 0 unspecified atom stereocenters. The summed E-state index contributed by atoms with van der Waals surface area (Å²) in [6.45, 7) is 5.04. The Hall–Kier alpha value is -2.60. The molecule has 0 saturated carbocycles. The summed E-state index contributed by atoms with van der Waals surface area (Å²) in [5.41, 5.74) is 3.25. The van der Waals surface area contributed by atoms with Gasteiger partial charge in [-0.1, -0.05) is 6.07 Å². The minimum Gasteiger partial charge on any atom is -0.343 e. The standard InChI is InChI=1S/C19H22N6/c1-14-23-17(10-18(24-14)19-21-7-8-22-19)16-5-3-9-25(13-16)12-15-4-2-6-20-11-15/h2,4,6-8,10-11,16H,3,5,9,12-13H2,1H3,(H,21,22)/t16-/m1/s1. The van der Waals surface area contributed by atoms with Gasteiger partial charge in [-0.15, -0.1) is 0 Å². The normalized spacial score (nSPS) is 18.4. The number of hydrogen-bond acceptors (Lipinski definition) is 5. The lowest BCUT2D eigenvalue weighted by Crippen LogP contribution is -2.34. The maximum atomic E-state index is 4.72. The lowest BCUT2D eigenvalue weighted by molar-refractivity contribution is 0.198. The number of likely N-dealkylation sites (tertiary alicyclic amines) is 1. The molecule has 128 valence electrons. The Bertz CT molecular complexity index is 815. The number of pyridine rings is 1. The number of H-pyrrole nitrogens is 1. The van der Waals surface area contributed by atoms with Crippen LogP contribution in [0.5, 0.6) is 0 Å². The van der Waals surface area contributed by atoms with E-state index in [2.05, 4.69) is 37.0 Å². The third-order valence-corrected chi connectivity index (χ3v) is 4.65. The molecule has 0 aromatic carbocycles. The summed E-state index contributed by atoms with van der Waals surface area (Å²) in [5, 5.41) is 0. The van der Waals surface area contributed by atoms with Gasteiger partial charge in [-0.2, -0.15) is 0 Å². The van der Waals surface area contributed by atoms with E-state index in [1.807, 2.05) is 31.6 Å². The summed E-state index contributed by atoms with van der Waals surface area (Å²) in [4.78, 5) is 23.4. The zero-order valence-corrected chi connectivity index (χ0v) is 14.4. The molecule has 4 rings (SSSR count). The highest BCUT2D eigenvalue weighted by Gasteiger charge is 2.23. The maximum absolute atomic E-state index is 4.72. The van der Waals surface area contributed by atoms with Crippen LogP contribution in [0.15, 0.2) is 43.0 Å². The molecule has 0 amide bonds. The minimum absolute atomic E-state index is 0.431. The first-order valence-corrected chi connectivity index (χ1v) is 8.74. The lowest BCUT2D eigenvalue weighted by Gasteiger charge is -2.32. The predicted octanol–water partition coefficient (Wildman–Crippen LogP) is 2.95. The van der Waals surface area contributed by atoms with Gasteiger partial charge >= 0.3 is 0 Å². The Kier molecular flexibility index (Phi) is 4.52. The van der Waals surface area contributed by atoms with Crippen LogP contribution < -0.4 is 0 Å². The van der Waals surface area contributed by atoms with Crippen LogP contribution in [0.3, 0.4) is 0 Å². The Morgan fingerprint density at radius 2 is 2.24 bits per heavy atom. The van der Waals surface area contributed by atoms with Crippen LogP contribution in [0.4, 0.5) is 0 Å². The van der Waals surface area contributed by atoms with E-state index in [1.165, 1.54) is 12.0 Å². The van der Waals surface area contributed by atoms with Gasteiger partial charge in [0.25, 0.3) is 0 Å². The lowest BCUT2D eigenvalue weighted by atomic mass is 9.93. The van der Waals surface area contributed by atoms with Crippen LogP contribution in [0, 0.1) is 6.92 Å². The van der Waals surface area contributed by atoms with E-state index >= 15 is 0 Å². The highest BCUT2D eigenvalue weighted by Crippen LogP contribution is 2.28. The minimum atomic E-state index is 0.431. The van der Waals surface area contributed by atoms with E-state index in [1.54, 1.807) is 6.20 Å². The van der Waals surface area contributed by atoms with Crippen molar-refractivity contribution < 1.29 is 0 Å². The molecule has 3 aromatic heterocycles. The first kappa shape index (κ1) is 15.9. The molecule has 1 saturated heterocycles. The van der Waals surface area contributed by atoms with Gasteiger partial charge in [0.2, 0.25) is 0 Å². The summed E-state index contributed by atoms with van der Waals surface area (Å²) in [6.07, 6.45) is 9.70. The fraction of sp³-hybridized carbons (Fsp3) is 0.368. The van der Waals surface area contributed by atoms with Crippen LogP contribution in [0.1, 0.15) is 35.8 Å². The molecular formula is C19H22N6. The zero-order valence-electron chi connectivity index (χ0n) is 14.4. The van der Waals surface area contributed by atoms with E-state index in [0.717, 1.165) is 49.1 Å². The quantitative estimate of drug-likeness (QED) is 0.794. The maximum Gasteiger partial charge on any atom is 0.156 e. The Labute approximate surface area is 147 Å². The average Bonchev–Trinajstić information content (AvgIpc) is 3.17. The number of imidazole rings is 1. The number of hydrogen-bond donors (Lipinski definition) is 1. The van der Waals surface area contributed by atoms with Crippen molar-refractivity contribution in [2.75, 3.05) is 13.1 Å². The fourth-order valence-electron chi connectivity index (χ4n) is 3.52. The van der Waals surface area contributed by atoms with Gasteiger partial charge in [0.05, 0.1) is 0 Å². The fourth-order valence-corrected chi connectivity index (χ4v) is 3.52. The van der Waals surface area contributed by atoms with E-state index in [-0.39, 0.29) is 0 Å². The molecular weight excluding hydrogens is 312 g/mol. The summed E-state index contributed by atoms with van der Waals surface area (Å²) < 4.78 is 0. The van der Waals surface area contributed by atoms with E-state index in [4.69, 9.17) is 4.98 Å². The summed E-state index contributed by atoms with van der Waals surface area (Å²) >= 11 is 0. The molecule has 1 atom stereocenters. The SMILES string of the molecule is Cc1nc(-c2ncc[nH]2)cc([C@@H]2CCCN(Cc3cccnc3)C2)n1. The van der Waals surface area contributed by atoms with Gasteiger partial charge in [0, 0.05) is 49.5 Å². The summed E-state index contributed by atoms with van der Waals surface area (Å²) in [6, 6.07) is 6.23. The number of aromatic amines is 1. The molecule has 6 nitrogen and oxygen atoms in total. The van der Waals surface area contributed by atoms with Gasteiger partial charge in [0.15, 0.2) is 5.82 Å². The predicted molar refractivity (Wildman–Crippen MR) is 95.8 cm³/mol. The van der Waals surface area contributed by atoms with Crippen molar-refractivity contribution in [2.24, 2.45) is 0 Å². The molecule has 1 N–H and O–H groups in total. The molecule has 3 aromatic rings. The molecule has 0 spiro atoms. The van der Waals surface area contributed by atoms with Gasteiger partial charge in [0.1, 0.15) is 11.5 Å². The molecule has 6 heteroatoms. The van der Waals surface area contributed by atoms with Crippen molar-refractivity contribution in [2.45, 2.75) is 32.2 Å².